The third-order valence-electron chi connectivity index (χ3n) is 4.96. The van der Waals surface area contributed by atoms with E-state index in [1.165, 1.54) is 0 Å². The standard InChI is InChI=1S/C25H24N2O3S/c1-2-30-22-13-11-21(12-14-22)27-24(29)17-31-25(27)19-9-6-10-20(16-19)26-23(28)15-18-7-4-3-5-8-18/h3-14,16,25H,2,15,17H2,1H3,(H,26,28). The smallest absolute Gasteiger partial charge is 0.238 e. The van der Waals surface area contributed by atoms with Gasteiger partial charge in [-0.05, 0) is 54.4 Å². The zero-order chi connectivity index (χ0) is 21.6. The van der Waals surface area contributed by atoms with Gasteiger partial charge in [-0.1, -0.05) is 42.5 Å². The normalized spacial score (nSPS) is 15.7. The Morgan fingerprint density at radius 3 is 2.58 bits per heavy atom. The number of hydrogen-bond donors (Lipinski definition) is 1. The van der Waals surface area contributed by atoms with Crippen molar-refractivity contribution in [3.8, 4) is 5.75 Å². The van der Waals surface area contributed by atoms with Gasteiger partial charge in [0.05, 0.1) is 18.8 Å². The lowest BCUT2D eigenvalue weighted by atomic mass is 10.1. The van der Waals surface area contributed by atoms with Gasteiger partial charge in [0, 0.05) is 11.4 Å². The van der Waals surface area contributed by atoms with E-state index >= 15 is 0 Å². The molecule has 1 heterocycles. The van der Waals surface area contributed by atoms with E-state index in [1.807, 2.05) is 90.7 Å². The second-order valence-corrected chi connectivity index (χ2v) is 8.26. The highest BCUT2D eigenvalue weighted by Crippen LogP contribution is 2.42. The minimum atomic E-state index is -0.142. The van der Waals surface area contributed by atoms with Gasteiger partial charge < -0.3 is 10.1 Å². The third-order valence-corrected chi connectivity index (χ3v) is 6.17. The molecule has 0 saturated carbocycles. The molecule has 2 amide bonds. The summed E-state index contributed by atoms with van der Waals surface area (Å²) in [5, 5.41) is 2.83. The van der Waals surface area contributed by atoms with Crippen molar-refractivity contribution in [1.82, 2.24) is 0 Å². The van der Waals surface area contributed by atoms with Gasteiger partial charge in [0.1, 0.15) is 11.1 Å². The van der Waals surface area contributed by atoms with E-state index in [0.29, 0.717) is 18.8 Å². The summed E-state index contributed by atoms with van der Waals surface area (Å²) in [6.07, 6.45) is 0.319. The lowest BCUT2D eigenvalue weighted by molar-refractivity contribution is -0.116. The fourth-order valence-electron chi connectivity index (χ4n) is 3.58. The van der Waals surface area contributed by atoms with E-state index < -0.39 is 0 Å². The van der Waals surface area contributed by atoms with Crippen LogP contribution in [-0.4, -0.2) is 24.2 Å². The minimum absolute atomic E-state index is 0.0673. The first-order valence-electron chi connectivity index (χ1n) is 10.2. The number of nitrogens with zero attached hydrogens (tertiary/aromatic N) is 1. The molecule has 1 atom stereocenters. The van der Waals surface area contributed by atoms with E-state index in [1.54, 1.807) is 11.8 Å². The van der Waals surface area contributed by atoms with Crippen LogP contribution in [0.15, 0.2) is 78.9 Å². The lowest BCUT2D eigenvalue weighted by Crippen LogP contribution is -2.27. The summed E-state index contributed by atoms with van der Waals surface area (Å²) in [7, 11) is 0. The van der Waals surface area contributed by atoms with Crippen LogP contribution in [0.3, 0.4) is 0 Å². The molecule has 31 heavy (non-hydrogen) atoms. The topological polar surface area (TPSA) is 58.6 Å². The van der Waals surface area contributed by atoms with Crippen LogP contribution in [0.4, 0.5) is 11.4 Å². The number of rotatable bonds is 7. The molecule has 0 spiro atoms. The Bertz CT molecular complexity index is 1050. The molecule has 5 nitrogen and oxygen atoms in total. The average molecular weight is 433 g/mol. The maximum Gasteiger partial charge on any atom is 0.238 e. The molecule has 1 aliphatic heterocycles. The monoisotopic (exact) mass is 432 g/mol. The zero-order valence-corrected chi connectivity index (χ0v) is 18.1. The summed E-state index contributed by atoms with van der Waals surface area (Å²) >= 11 is 1.58. The predicted molar refractivity (Wildman–Crippen MR) is 126 cm³/mol. The van der Waals surface area contributed by atoms with Crippen molar-refractivity contribution in [3.05, 3.63) is 90.0 Å². The molecular weight excluding hydrogens is 408 g/mol. The van der Waals surface area contributed by atoms with Gasteiger partial charge in [0.15, 0.2) is 0 Å². The largest absolute Gasteiger partial charge is 0.494 e. The van der Waals surface area contributed by atoms with Gasteiger partial charge in [-0.2, -0.15) is 0 Å². The highest BCUT2D eigenvalue weighted by molar-refractivity contribution is 8.00. The summed E-state index contributed by atoms with van der Waals surface area (Å²) in [6, 6.07) is 24.9. The molecule has 6 heteroatoms. The molecule has 0 aliphatic carbocycles. The number of hydrogen-bond acceptors (Lipinski definition) is 4. The number of amides is 2. The molecule has 1 aliphatic rings. The fraction of sp³-hybridized carbons (Fsp3) is 0.200. The van der Waals surface area contributed by atoms with Crippen molar-refractivity contribution >= 4 is 35.0 Å². The molecular formula is C25H24N2O3S. The molecule has 0 bridgehead atoms. The minimum Gasteiger partial charge on any atom is -0.494 e. The van der Waals surface area contributed by atoms with E-state index in [4.69, 9.17) is 4.74 Å². The Labute approximate surface area is 186 Å². The van der Waals surface area contributed by atoms with Crippen molar-refractivity contribution in [3.63, 3.8) is 0 Å². The van der Waals surface area contributed by atoms with Crippen LogP contribution < -0.4 is 15.0 Å². The second kappa shape index (κ2) is 9.71. The quantitative estimate of drug-likeness (QED) is 0.568. The van der Waals surface area contributed by atoms with Gasteiger partial charge >= 0.3 is 0 Å². The van der Waals surface area contributed by atoms with Crippen LogP contribution in [0.25, 0.3) is 0 Å². The number of benzene rings is 3. The Kier molecular flexibility index (Phi) is 6.57. The van der Waals surface area contributed by atoms with Crippen molar-refractivity contribution < 1.29 is 14.3 Å². The first-order chi connectivity index (χ1) is 15.1. The Balaban J connectivity index is 1.50. The van der Waals surface area contributed by atoms with Crippen molar-refractivity contribution in [1.29, 1.82) is 0 Å². The van der Waals surface area contributed by atoms with Crippen LogP contribution in [0, 0.1) is 0 Å². The van der Waals surface area contributed by atoms with E-state index in [-0.39, 0.29) is 17.2 Å². The van der Waals surface area contributed by atoms with Gasteiger partial charge in [0.25, 0.3) is 0 Å². The van der Waals surface area contributed by atoms with Gasteiger partial charge in [-0.15, -0.1) is 11.8 Å². The van der Waals surface area contributed by atoms with Crippen LogP contribution in [-0.2, 0) is 16.0 Å². The maximum atomic E-state index is 12.6. The molecule has 0 aromatic heterocycles. The van der Waals surface area contributed by atoms with Crippen molar-refractivity contribution in [2.24, 2.45) is 0 Å². The SMILES string of the molecule is CCOc1ccc(N2C(=O)CSC2c2cccc(NC(=O)Cc3ccccc3)c2)cc1. The third kappa shape index (κ3) is 5.09. The molecule has 3 aromatic carbocycles. The zero-order valence-electron chi connectivity index (χ0n) is 17.3. The highest BCUT2D eigenvalue weighted by Gasteiger charge is 2.34. The Hall–Kier alpha value is -3.25. The molecule has 158 valence electrons. The summed E-state index contributed by atoms with van der Waals surface area (Å²) in [4.78, 5) is 26.9. The highest BCUT2D eigenvalue weighted by atomic mass is 32.2. The molecule has 4 rings (SSSR count). The molecule has 1 fully saturated rings. The van der Waals surface area contributed by atoms with Gasteiger partial charge in [0.2, 0.25) is 11.8 Å². The van der Waals surface area contributed by atoms with E-state index in [9.17, 15) is 9.59 Å². The van der Waals surface area contributed by atoms with Crippen molar-refractivity contribution in [2.75, 3.05) is 22.6 Å². The average Bonchev–Trinajstić information content (AvgIpc) is 3.17. The molecule has 1 saturated heterocycles. The summed E-state index contributed by atoms with van der Waals surface area (Å²) in [5.41, 5.74) is 3.50. The summed E-state index contributed by atoms with van der Waals surface area (Å²) in [6.45, 7) is 2.54. The molecule has 1 N–H and O–H groups in total. The molecule has 3 aromatic rings. The van der Waals surface area contributed by atoms with Crippen LogP contribution in [0.2, 0.25) is 0 Å². The lowest BCUT2D eigenvalue weighted by Gasteiger charge is -2.25. The van der Waals surface area contributed by atoms with Crippen LogP contribution >= 0.6 is 11.8 Å². The van der Waals surface area contributed by atoms with Crippen LogP contribution in [0.5, 0.6) is 5.75 Å². The first kappa shape index (κ1) is 21.0. The van der Waals surface area contributed by atoms with Crippen LogP contribution in [0.1, 0.15) is 23.4 Å². The Morgan fingerprint density at radius 1 is 1.06 bits per heavy atom. The first-order valence-corrected chi connectivity index (χ1v) is 11.3. The number of nitrogens with one attached hydrogen (secondary N) is 1. The van der Waals surface area contributed by atoms with E-state index in [0.717, 1.165) is 28.3 Å². The Morgan fingerprint density at radius 2 is 1.84 bits per heavy atom. The number of anilines is 2. The second-order valence-electron chi connectivity index (χ2n) is 7.19. The number of ether oxygens (including phenoxy) is 1. The van der Waals surface area contributed by atoms with Gasteiger partial charge in [-0.25, -0.2) is 0 Å². The number of thioether (sulfide) groups is 1. The maximum absolute atomic E-state index is 12.6. The molecule has 0 radical (unpaired) electrons. The predicted octanol–water partition coefficient (Wildman–Crippen LogP) is 5.05. The molecule has 1 unspecified atom stereocenters. The fourth-order valence-corrected chi connectivity index (χ4v) is 4.74. The van der Waals surface area contributed by atoms with Crippen molar-refractivity contribution in [2.45, 2.75) is 18.7 Å². The summed E-state index contributed by atoms with van der Waals surface area (Å²) in [5.74, 6) is 1.20. The number of carbonyl (C=O) groups excluding carboxylic acids is 2. The summed E-state index contributed by atoms with van der Waals surface area (Å²) < 4.78 is 5.51. The van der Waals surface area contributed by atoms with E-state index in [2.05, 4.69) is 5.32 Å². The van der Waals surface area contributed by atoms with Gasteiger partial charge in [-0.3, -0.25) is 14.5 Å². The number of carbonyl (C=O) groups is 2.